The minimum Gasteiger partial charge on any atom is -0.497 e. The number of nitrogens with zero attached hydrogens (tertiary/aromatic N) is 1. The lowest BCUT2D eigenvalue weighted by atomic mass is 10.1. The van der Waals surface area contributed by atoms with Crippen molar-refractivity contribution in [2.45, 2.75) is 26.3 Å². The smallest absolute Gasteiger partial charge is 0.323 e. The Morgan fingerprint density at radius 1 is 0.971 bits per heavy atom. The van der Waals surface area contributed by atoms with E-state index in [0.29, 0.717) is 28.5 Å². The fourth-order valence-corrected chi connectivity index (χ4v) is 4.23. The summed E-state index contributed by atoms with van der Waals surface area (Å²) in [6.07, 6.45) is 2.19. The largest absolute Gasteiger partial charge is 0.497 e. The minimum absolute atomic E-state index is 0.220. The molecule has 0 aliphatic carbocycles. The Morgan fingerprint density at radius 3 is 2.40 bits per heavy atom. The molecule has 35 heavy (non-hydrogen) atoms. The summed E-state index contributed by atoms with van der Waals surface area (Å²) in [7, 11) is 1.62. The van der Waals surface area contributed by atoms with Gasteiger partial charge in [0.1, 0.15) is 5.75 Å². The number of nitrogens with one attached hydrogen (secondary N) is 3. The Kier molecular flexibility index (Phi) is 7.77. The number of rotatable bonds is 7. The molecule has 3 aromatic carbocycles. The van der Waals surface area contributed by atoms with Gasteiger partial charge >= 0.3 is 6.03 Å². The van der Waals surface area contributed by atoms with E-state index in [4.69, 9.17) is 16.3 Å². The van der Waals surface area contributed by atoms with Gasteiger partial charge in [0.2, 0.25) is 0 Å². The molecule has 0 spiro atoms. The van der Waals surface area contributed by atoms with E-state index in [2.05, 4.69) is 20.9 Å². The van der Waals surface area contributed by atoms with Gasteiger partial charge in [0.15, 0.2) is 0 Å². The SMILES string of the molecule is COc1ccc(CNC(=O)c2ccc(N3CCCC3)c(NC(=O)Nc3cccc(Cl)c3C)c2)cc1. The number of urea groups is 1. The van der Waals surface area contributed by atoms with Crippen LogP contribution in [0.4, 0.5) is 21.9 Å². The monoisotopic (exact) mass is 492 g/mol. The zero-order valence-electron chi connectivity index (χ0n) is 19.9. The average Bonchev–Trinajstić information content (AvgIpc) is 3.40. The maximum Gasteiger partial charge on any atom is 0.323 e. The van der Waals surface area contributed by atoms with E-state index in [-0.39, 0.29) is 5.91 Å². The minimum atomic E-state index is -0.397. The molecule has 1 heterocycles. The molecule has 3 N–H and O–H groups in total. The van der Waals surface area contributed by atoms with Crippen molar-refractivity contribution in [1.82, 2.24) is 5.32 Å². The van der Waals surface area contributed by atoms with Gasteiger partial charge in [-0.05, 0) is 73.4 Å². The van der Waals surface area contributed by atoms with E-state index in [0.717, 1.165) is 48.5 Å². The number of hydrogen-bond donors (Lipinski definition) is 3. The molecular weight excluding hydrogens is 464 g/mol. The molecule has 0 aromatic heterocycles. The molecule has 0 radical (unpaired) electrons. The van der Waals surface area contributed by atoms with Gasteiger partial charge in [0.05, 0.1) is 18.5 Å². The number of benzene rings is 3. The lowest BCUT2D eigenvalue weighted by molar-refractivity contribution is 0.0951. The van der Waals surface area contributed by atoms with Crippen LogP contribution in [0.5, 0.6) is 5.75 Å². The van der Waals surface area contributed by atoms with Gasteiger partial charge < -0.3 is 25.6 Å². The number of anilines is 3. The highest BCUT2D eigenvalue weighted by molar-refractivity contribution is 6.31. The molecule has 0 saturated carbocycles. The van der Waals surface area contributed by atoms with E-state index < -0.39 is 6.03 Å². The summed E-state index contributed by atoms with van der Waals surface area (Å²) in [5.41, 5.74) is 4.33. The second kappa shape index (κ2) is 11.1. The Morgan fingerprint density at radius 2 is 1.69 bits per heavy atom. The molecule has 1 aliphatic rings. The van der Waals surface area contributed by atoms with Gasteiger partial charge in [-0.1, -0.05) is 29.8 Å². The van der Waals surface area contributed by atoms with Gasteiger partial charge in [-0.2, -0.15) is 0 Å². The summed E-state index contributed by atoms with van der Waals surface area (Å²) in [5, 5.41) is 9.31. The van der Waals surface area contributed by atoms with Crippen molar-refractivity contribution in [3.63, 3.8) is 0 Å². The van der Waals surface area contributed by atoms with Crippen molar-refractivity contribution < 1.29 is 14.3 Å². The van der Waals surface area contributed by atoms with Crippen LogP contribution in [0.1, 0.15) is 34.3 Å². The van der Waals surface area contributed by atoms with Crippen LogP contribution in [0, 0.1) is 6.92 Å². The molecule has 1 fully saturated rings. The van der Waals surface area contributed by atoms with Crippen LogP contribution < -0.4 is 25.6 Å². The molecule has 0 atom stereocenters. The summed E-state index contributed by atoms with van der Waals surface area (Å²) in [4.78, 5) is 28.0. The van der Waals surface area contributed by atoms with Gasteiger partial charge in [-0.15, -0.1) is 0 Å². The molecule has 182 valence electrons. The molecule has 0 unspecified atom stereocenters. The molecule has 8 heteroatoms. The van der Waals surface area contributed by atoms with Gasteiger partial charge in [-0.3, -0.25) is 4.79 Å². The van der Waals surface area contributed by atoms with E-state index >= 15 is 0 Å². The molecule has 4 rings (SSSR count). The van der Waals surface area contributed by atoms with E-state index in [1.807, 2.05) is 37.3 Å². The lowest BCUT2D eigenvalue weighted by Crippen LogP contribution is -2.26. The topological polar surface area (TPSA) is 82.7 Å². The van der Waals surface area contributed by atoms with Crippen LogP contribution in [-0.4, -0.2) is 32.1 Å². The first kappa shape index (κ1) is 24.4. The zero-order valence-corrected chi connectivity index (χ0v) is 20.6. The Balaban J connectivity index is 1.50. The second-order valence-corrected chi connectivity index (χ2v) is 8.86. The number of amides is 3. The molecule has 1 saturated heterocycles. The molecule has 1 aliphatic heterocycles. The molecule has 7 nitrogen and oxygen atoms in total. The molecule has 3 amide bonds. The Hall–Kier alpha value is -3.71. The fourth-order valence-electron chi connectivity index (χ4n) is 4.06. The van der Waals surface area contributed by atoms with Crippen molar-refractivity contribution in [3.05, 3.63) is 82.4 Å². The highest BCUT2D eigenvalue weighted by Gasteiger charge is 2.19. The zero-order chi connectivity index (χ0) is 24.8. The first-order valence-electron chi connectivity index (χ1n) is 11.6. The maximum atomic E-state index is 12.9. The van der Waals surface area contributed by atoms with Crippen LogP contribution in [0.2, 0.25) is 5.02 Å². The number of carbonyl (C=O) groups excluding carboxylic acids is 2. The van der Waals surface area contributed by atoms with Crippen LogP contribution in [-0.2, 0) is 6.54 Å². The summed E-state index contributed by atoms with van der Waals surface area (Å²) < 4.78 is 5.17. The predicted octanol–water partition coefficient (Wildman–Crippen LogP) is 5.83. The summed E-state index contributed by atoms with van der Waals surface area (Å²) in [6.45, 7) is 4.05. The summed E-state index contributed by atoms with van der Waals surface area (Å²) >= 11 is 6.18. The van der Waals surface area contributed by atoms with Crippen LogP contribution in [0.25, 0.3) is 0 Å². The first-order valence-corrected chi connectivity index (χ1v) is 12.0. The first-order chi connectivity index (χ1) is 16.9. The molecule has 3 aromatic rings. The third-order valence-electron chi connectivity index (χ3n) is 6.08. The normalized spacial score (nSPS) is 12.8. The van der Waals surface area contributed by atoms with Crippen molar-refractivity contribution in [2.24, 2.45) is 0 Å². The third kappa shape index (κ3) is 6.05. The number of halogens is 1. The number of hydrogen-bond acceptors (Lipinski definition) is 4. The summed E-state index contributed by atoms with van der Waals surface area (Å²) in [6, 6.07) is 17.9. The molecule has 0 bridgehead atoms. The predicted molar refractivity (Wildman–Crippen MR) is 141 cm³/mol. The highest BCUT2D eigenvalue weighted by Crippen LogP contribution is 2.31. The number of carbonyl (C=O) groups is 2. The van der Waals surface area contributed by atoms with Crippen molar-refractivity contribution in [3.8, 4) is 5.75 Å². The van der Waals surface area contributed by atoms with Gasteiger partial charge in [0, 0.05) is 35.9 Å². The van der Waals surface area contributed by atoms with Crippen molar-refractivity contribution in [2.75, 3.05) is 35.7 Å². The van der Waals surface area contributed by atoms with Crippen molar-refractivity contribution in [1.29, 1.82) is 0 Å². The van der Waals surface area contributed by atoms with Crippen LogP contribution >= 0.6 is 11.6 Å². The van der Waals surface area contributed by atoms with E-state index in [1.54, 1.807) is 37.4 Å². The van der Waals surface area contributed by atoms with Crippen LogP contribution in [0.15, 0.2) is 60.7 Å². The number of ether oxygens (including phenoxy) is 1. The summed E-state index contributed by atoms with van der Waals surface area (Å²) in [5.74, 6) is 0.544. The molecular formula is C27H29ClN4O3. The van der Waals surface area contributed by atoms with E-state index in [1.165, 1.54) is 0 Å². The highest BCUT2D eigenvalue weighted by atomic mass is 35.5. The Bertz CT molecular complexity index is 1210. The standard InChI is InChI=1S/C27H29ClN4O3/c1-18-22(28)6-5-7-23(18)30-27(34)31-24-16-20(10-13-25(24)32-14-3-4-15-32)26(33)29-17-19-8-11-21(35-2)12-9-19/h5-13,16H,3-4,14-15,17H2,1-2H3,(H,29,33)(H2,30,31,34). The third-order valence-corrected chi connectivity index (χ3v) is 6.49. The quantitative estimate of drug-likeness (QED) is 0.387. The number of methoxy groups -OCH3 is 1. The second-order valence-electron chi connectivity index (χ2n) is 8.45. The van der Waals surface area contributed by atoms with Crippen LogP contribution in [0.3, 0.4) is 0 Å². The maximum absolute atomic E-state index is 12.9. The Labute approximate surface area is 210 Å². The average molecular weight is 493 g/mol. The van der Waals surface area contributed by atoms with Gasteiger partial charge in [-0.25, -0.2) is 4.79 Å². The lowest BCUT2D eigenvalue weighted by Gasteiger charge is -2.22. The fraction of sp³-hybridized carbons (Fsp3) is 0.259. The van der Waals surface area contributed by atoms with E-state index in [9.17, 15) is 9.59 Å². The van der Waals surface area contributed by atoms with Crippen molar-refractivity contribution >= 4 is 40.6 Å². The van der Waals surface area contributed by atoms with Gasteiger partial charge in [0.25, 0.3) is 5.91 Å².